The van der Waals surface area contributed by atoms with Crippen LogP contribution in [0.5, 0.6) is 0 Å². The Hall–Kier alpha value is -3.19. The van der Waals surface area contributed by atoms with Gasteiger partial charge in [-0.25, -0.2) is 9.37 Å². The Balaban J connectivity index is 1.20. The second kappa shape index (κ2) is 8.15. The number of aromatic nitrogens is 1. The van der Waals surface area contributed by atoms with Gasteiger partial charge >= 0.3 is 0 Å². The molecule has 0 saturated carbocycles. The average Bonchev–Trinajstić information content (AvgIpc) is 3.48. The van der Waals surface area contributed by atoms with Crippen LogP contribution in [-0.2, 0) is 17.8 Å². The van der Waals surface area contributed by atoms with Crippen LogP contribution in [0.4, 0.5) is 10.1 Å². The van der Waals surface area contributed by atoms with Gasteiger partial charge in [-0.1, -0.05) is 18.2 Å². The molecule has 3 aromatic rings. The van der Waals surface area contributed by atoms with Crippen molar-refractivity contribution >= 4 is 11.6 Å². The van der Waals surface area contributed by atoms with Crippen molar-refractivity contribution in [1.29, 1.82) is 0 Å². The third kappa shape index (κ3) is 4.05. The summed E-state index contributed by atoms with van der Waals surface area (Å²) in [5, 5.41) is 0. The second-order valence-electron chi connectivity index (χ2n) is 8.49. The van der Waals surface area contributed by atoms with Gasteiger partial charge in [0.05, 0.1) is 24.1 Å². The Labute approximate surface area is 180 Å². The summed E-state index contributed by atoms with van der Waals surface area (Å²) in [6.07, 6.45) is 1.77. The van der Waals surface area contributed by atoms with Gasteiger partial charge in [-0.3, -0.25) is 9.69 Å². The highest BCUT2D eigenvalue weighted by Gasteiger charge is 2.41. The SMILES string of the molecule is Nc1ccc(-c2ccco2)nc1CC(=O)N1CC2CN(Cc3ccccc3F)CC2C1. The van der Waals surface area contributed by atoms with E-state index in [9.17, 15) is 9.18 Å². The van der Waals surface area contributed by atoms with Crippen LogP contribution >= 0.6 is 0 Å². The van der Waals surface area contributed by atoms with Crippen molar-refractivity contribution in [1.82, 2.24) is 14.8 Å². The Bertz CT molecular complexity index is 1070. The average molecular weight is 420 g/mol. The van der Waals surface area contributed by atoms with Crippen LogP contribution < -0.4 is 5.73 Å². The number of hydrogen-bond acceptors (Lipinski definition) is 5. The van der Waals surface area contributed by atoms with Crippen molar-refractivity contribution in [3.63, 3.8) is 0 Å². The van der Waals surface area contributed by atoms with Gasteiger partial charge in [0.15, 0.2) is 5.76 Å². The molecule has 5 rings (SSSR count). The summed E-state index contributed by atoms with van der Waals surface area (Å²) in [6.45, 7) is 3.85. The molecule has 2 unspecified atom stereocenters. The zero-order valence-electron chi connectivity index (χ0n) is 17.2. The Morgan fingerprint density at radius 3 is 2.55 bits per heavy atom. The molecule has 0 aliphatic carbocycles. The third-order valence-corrected chi connectivity index (χ3v) is 6.37. The normalized spacial score (nSPS) is 20.9. The molecule has 2 aromatic heterocycles. The van der Waals surface area contributed by atoms with Crippen molar-refractivity contribution in [2.75, 3.05) is 31.9 Å². The lowest BCUT2D eigenvalue weighted by Crippen LogP contribution is -2.34. The molecule has 4 heterocycles. The summed E-state index contributed by atoms with van der Waals surface area (Å²) in [5.41, 5.74) is 8.58. The zero-order chi connectivity index (χ0) is 21.4. The molecule has 160 valence electrons. The number of nitrogen functional groups attached to an aromatic ring is 1. The van der Waals surface area contributed by atoms with Crippen LogP contribution in [-0.4, -0.2) is 46.9 Å². The van der Waals surface area contributed by atoms with Gasteiger partial charge in [0.25, 0.3) is 0 Å². The van der Waals surface area contributed by atoms with Gasteiger partial charge in [0, 0.05) is 38.3 Å². The zero-order valence-corrected chi connectivity index (χ0v) is 17.2. The van der Waals surface area contributed by atoms with E-state index in [4.69, 9.17) is 10.2 Å². The molecule has 0 radical (unpaired) electrons. The quantitative estimate of drug-likeness (QED) is 0.686. The maximum absolute atomic E-state index is 14.0. The lowest BCUT2D eigenvalue weighted by molar-refractivity contribution is -0.129. The maximum atomic E-state index is 14.0. The number of likely N-dealkylation sites (tertiary alicyclic amines) is 2. The number of nitrogens with two attached hydrogens (primary N) is 1. The number of rotatable bonds is 5. The number of carbonyl (C=O) groups is 1. The van der Waals surface area contributed by atoms with Gasteiger partial charge in [0.2, 0.25) is 5.91 Å². The van der Waals surface area contributed by atoms with E-state index in [1.165, 1.54) is 6.07 Å². The molecule has 2 atom stereocenters. The minimum atomic E-state index is -0.154. The fraction of sp³-hybridized carbons (Fsp3) is 0.333. The standard InChI is InChI=1S/C24H25FN4O2/c25-19-5-2-1-4-16(19)11-28-12-17-14-29(15-18(17)13-28)24(30)10-22-20(26)7-8-21(27-22)23-6-3-9-31-23/h1-9,17-18H,10-15,26H2. The first kappa shape index (κ1) is 19.8. The summed E-state index contributed by atoms with van der Waals surface area (Å²) in [4.78, 5) is 21.7. The lowest BCUT2D eigenvalue weighted by atomic mass is 10.0. The van der Waals surface area contributed by atoms with Gasteiger partial charge in [-0.15, -0.1) is 0 Å². The van der Waals surface area contributed by atoms with Crippen LogP contribution in [0.3, 0.4) is 0 Å². The highest BCUT2D eigenvalue weighted by Crippen LogP contribution is 2.32. The largest absolute Gasteiger partial charge is 0.463 e. The van der Waals surface area contributed by atoms with E-state index in [0.29, 0.717) is 41.2 Å². The predicted octanol–water partition coefficient (Wildman–Crippen LogP) is 3.20. The molecular formula is C24H25FN4O2. The minimum Gasteiger partial charge on any atom is -0.463 e. The second-order valence-corrected chi connectivity index (χ2v) is 8.49. The molecule has 31 heavy (non-hydrogen) atoms. The Morgan fingerprint density at radius 1 is 1.06 bits per heavy atom. The van der Waals surface area contributed by atoms with Crippen LogP contribution in [0.2, 0.25) is 0 Å². The number of hydrogen-bond donors (Lipinski definition) is 1. The number of furan rings is 1. The van der Waals surface area contributed by atoms with Crippen LogP contribution in [0, 0.1) is 17.7 Å². The minimum absolute atomic E-state index is 0.0471. The van der Waals surface area contributed by atoms with Crippen LogP contribution in [0.1, 0.15) is 11.3 Å². The molecule has 7 heteroatoms. The van der Waals surface area contributed by atoms with E-state index in [0.717, 1.165) is 31.7 Å². The highest BCUT2D eigenvalue weighted by molar-refractivity contribution is 5.80. The third-order valence-electron chi connectivity index (χ3n) is 6.37. The van der Waals surface area contributed by atoms with Gasteiger partial charge in [-0.05, 0) is 42.2 Å². The highest BCUT2D eigenvalue weighted by atomic mass is 19.1. The summed E-state index contributed by atoms with van der Waals surface area (Å²) < 4.78 is 19.4. The Morgan fingerprint density at radius 2 is 1.84 bits per heavy atom. The molecule has 2 saturated heterocycles. The van der Waals surface area contributed by atoms with E-state index in [2.05, 4.69) is 9.88 Å². The molecule has 0 bridgehead atoms. The summed E-state index contributed by atoms with van der Waals surface area (Å²) >= 11 is 0. The van der Waals surface area contributed by atoms with Gasteiger partial charge in [0.1, 0.15) is 11.5 Å². The van der Waals surface area contributed by atoms with Crippen molar-refractivity contribution < 1.29 is 13.6 Å². The number of benzene rings is 1. The molecule has 2 aliphatic rings. The topological polar surface area (TPSA) is 75.6 Å². The van der Waals surface area contributed by atoms with E-state index in [1.54, 1.807) is 30.5 Å². The molecule has 1 aromatic carbocycles. The molecular weight excluding hydrogens is 395 g/mol. The van der Waals surface area contributed by atoms with E-state index in [-0.39, 0.29) is 18.1 Å². The summed E-state index contributed by atoms with van der Waals surface area (Å²) in [5.74, 6) is 1.40. The molecule has 2 fully saturated rings. The van der Waals surface area contributed by atoms with Gasteiger partial charge < -0.3 is 15.1 Å². The van der Waals surface area contributed by atoms with Crippen molar-refractivity contribution in [2.24, 2.45) is 11.8 Å². The van der Waals surface area contributed by atoms with Crippen LogP contribution in [0.15, 0.2) is 59.2 Å². The monoisotopic (exact) mass is 420 g/mol. The number of halogens is 1. The number of fused-ring (bicyclic) bond motifs is 1. The van der Waals surface area contributed by atoms with E-state index >= 15 is 0 Å². The maximum Gasteiger partial charge on any atom is 0.228 e. The fourth-order valence-electron chi connectivity index (χ4n) is 4.76. The first-order valence-corrected chi connectivity index (χ1v) is 10.6. The number of nitrogens with zero attached hydrogens (tertiary/aromatic N) is 3. The summed E-state index contributed by atoms with van der Waals surface area (Å²) in [6, 6.07) is 14.1. The molecule has 0 spiro atoms. The summed E-state index contributed by atoms with van der Waals surface area (Å²) in [7, 11) is 0. The molecule has 1 amide bonds. The number of carbonyl (C=O) groups excluding carboxylic acids is 1. The van der Waals surface area contributed by atoms with Gasteiger partial charge in [-0.2, -0.15) is 0 Å². The van der Waals surface area contributed by atoms with Crippen LogP contribution in [0.25, 0.3) is 11.5 Å². The van der Waals surface area contributed by atoms with Crippen molar-refractivity contribution in [3.8, 4) is 11.5 Å². The molecule has 6 nitrogen and oxygen atoms in total. The smallest absolute Gasteiger partial charge is 0.228 e. The number of pyridine rings is 1. The number of anilines is 1. The predicted molar refractivity (Wildman–Crippen MR) is 115 cm³/mol. The lowest BCUT2D eigenvalue weighted by Gasteiger charge is -2.22. The number of amides is 1. The van der Waals surface area contributed by atoms with Crippen molar-refractivity contribution in [3.05, 3.63) is 71.9 Å². The first-order chi connectivity index (χ1) is 15.1. The van der Waals surface area contributed by atoms with E-state index in [1.807, 2.05) is 23.1 Å². The Kier molecular flexibility index (Phi) is 5.19. The van der Waals surface area contributed by atoms with E-state index < -0.39 is 0 Å². The van der Waals surface area contributed by atoms with Crippen molar-refractivity contribution in [2.45, 2.75) is 13.0 Å². The molecule has 2 aliphatic heterocycles. The fourth-order valence-corrected chi connectivity index (χ4v) is 4.76. The molecule has 2 N–H and O–H groups in total. The first-order valence-electron chi connectivity index (χ1n) is 10.6.